The van der Waals surface area contributed by atoms with Crippen LogP contribution in [-0.2, 0) is 4.74 Å². The van der Waals surface area contributed by atoms with Gasteiger partial charge >= 0.3 is 0 Å². The van der Waals surface area contributed by atoms with Crippen LogP contribution in [0.2, 0.25) is 0 Å². The third-order valence-corrected chi connectivity index (χ3v) is 5.78. The van der Waals surface area contributed by atoms with E-state index in [2.05, 4.69) is 20.9 Å². The lowest BCUT2D eigenvalue weighted by Crippen LogP contribution is -2.27. The smallest absolute Gasteiger partial charge is 0.252 e. The van der Waals surface area contributed by atoms with E-state index in [1.54, 1.807) is 38.6 Å². The number of hydrogen-bond donors (Lipinski definition) is 3. The number of anilines is 2. The number of nitrogens with zero attached hydrogens (tertiary/aromatic N) is 3. The summed E-state index contributed by atoms with van der Waals surface area (Å²) in [5.41, 5.74) is 5.09. The molecule has 0 aliphatic rings. The molecule has 0 radical (unpaired) electrons. The van der Waals surface area contributed by atoms with E-state index in [0.29, 0.717) is 29.4 Å². The first-order valence-corrected chi connectivity index (χ1v) is 11.2. The van der Waals surface area contributed by atoms with Gasteiger partial charge in [-0.25, -0.2) is 9.97 Å². The van der Waals surface area contributed by atoms with Crippen molar-refractivity contribution in [3.05, 3.63) is 64.8 Å². The van der Waals surface area contributed by atoms with Crippen LogP contribution in [0.25, 0.3) is 17.0 Å². The second-order valence-electron chi connectivity index (χ2n) is 7.26. The van der Waals surface area contributed by atoms with Crippen molar-refractivity contribution < 1.29 is 14.3 Å². The Labute approximate surface area is 194 Å². The van der Waals surface area contributed by atoms with Gasteiger partial charge in [-0.3, -0.25) is 14.0 Å². The Morgan fingerprint density at radius 2 is 1.82 bits per heavy atom. The lowest BCUT2D eigenvalue weighted by atomic mass is 10.2. The molecule has 33 heavy (non-hydrogen) atoms. The molecular weight excluding hydrogens is 440 g/mol. The van der Waals surface area contributed by atoms with Crippen molar-refractivity contribution in [1.82, 2.24) is 25.0 Å². The molecule has 3 heterocycles. The molecule has 170 valence electrons. The van der Waals surface area contributed by atoms with Crippen molar-refractivity contribution in [2.75, 3.05) is 32.6 Å². The second-order valence-corrected chi connectivity index (χ2v) is 8.12. The number of aryl methyl sites for hydroxylation is 1. The molecule has 1 aromatic carbocycles. The van der Waals surface area contributed by atoms with E-state index in [9.17, 15) is 9.59 Å². The molecule has 0 spiro atoms. The average molecular weight is 465 g/mol. The molecule has 3 N–H and O–H groups in total. The van der Waals surface area contributed by atoms with Crippen LogP contribution in [0.4, 0.5) is 10.8 Å². The van der Waals surface area contributed by atoms with Crippen molar-refractivity contribution in [2.24, 2.45) is 0 Å². The highest BCUT2D eigenvalue weighted by Crippen LogP contribution is 2.30. The quantitative estimate of drug-likeness (QED) is 0.346. The molecular formula is C23H24N6O3S. The molecule has 0 aliphatic heterocycles. The molecule has 10 heteroatoms. The number of nitrogens with one attached hydrogen (secondary N) is 3. The monoisotopic (exact) mass is 464 g/mol. The highest BCUT2D eigenvalue weighted by Gasteiger charge is 2.16. The number of thiazole rings is 1. The third-order valence-electron chi connectivity index (χ3n) is 5.02. The van der Waals surface area contributed by atoms with E-state index in [0.717, 1.165) is 28.4 Å². The van der Waals surface area contributed by atoms with E-state index in [1.807, 2.05) is 34.9 Å². The summed E-state index contributed by atoms with van der Waals surface area (Å²) in [5, 5.41) is 11.4. The predicted octanol–water partition coefficient (Wildman–Crippen LogP) is 3.25. The fraction of sp³-hybridized carbons (Fsp3) is 0.217. The van der Waals surface area contributed by atoms with E-state index in [4.69, 9.17) is 9.72 Å². The number of pyridine rings is 1. The summed E-state index contributed by atoms with van der Waals surface area (Å²) < 4.78 is 6.87. The van der Waals surface area contributed by atoms with Crippen LogP contribution in [-0.4, -0.2) is 53.5 Å². The lowest BCUT2D eigenvalue weighted by Gasteiger charge is -2.06. The van der Waals surface area contributed by atoms with Gasteiger partial charge in [0.15, 0.2) is 5.13 Å². The van der Waals surface area contributed by atoms with Gasteiger partial charge in [0.25, 0.3) is 11.8 Å². The lowest BCUT2D eigenvalue weighted by molar-refractivity contribution is 0.0934. The highest BCUT2D eigenvalue weighted by atomic mass is 32.1. The number of rotatable bonds is 8. The predicted molar refractivity (Wildman–Crippen MR) is 128 cm³/mol. The summed E-state index contributed by atoms with van der Waals surface area (Å²) in [4.78, 5) is 33.5. The molecule has 0 atom stereocenters. The van der Waals surface area contributed by atoms with E-state index in [-0.39, 0.29) is 11.8 Å². The van der Waals surface area contributed by atoms with Crippen molar-refractivity contribution in [3.63, 3.8) is 0 Å². The van der Waals surface area contributed by atoms with Crippen LogP contribution in [0.1, 0.15) is 26.4 Å². The number of ether oxygens (including phenoxy) is 1. The Morgan fingerprint density at radius 3 is 2.55 bits per heavy atom. The summed E-state index contributed by atoms with van der Waals surface area (Å²) in [7, 11) is 3.19. The Morgan fingerprint density at radius 1 is 1.06 bits per heavy atom. The molecule has 3 aromatic heterocycles. The Hall–Kier alpha value is -3.76. The molecule has 0 saturated carbocycles. The second kappa shape index (κ2) is 9.80. The van der Waals surface area contributed by atoms with Gasteiger partial charge in [0.1, 0.15) is 11.3 Å². The van der Waals surface area contributed by atoms with Crippen molar-refractivity contribution in [3.8, 4) is 11.4 Å². The SMILES string of the molecule is CNC(=O)c1ccc(Nc2nc(-c3c(C)nc4ccc(C(=O)NCCOC)cn34)cs2)cc1. The van der Waals surface area contributed by atoms with Gasteiger partial charge in [0.2, 0.25) is 0 Å². The molecule has 0 aliphatic carbocycles. The molecule has 0 saturated heterocycles. The van der Waals surface area contributed by atoms with Gasteiger partial charge < -0.3 is 20.7 Å². The number of hydrogen-bond acceptors (Lipinski definition) is 7. The molecule has 2 amide bonds. The molecule has 4 rings (SSSR count). The third kappa shape index (κ3) is 4.86. The van der Waals surface area contributed by atoms with Gasteiger partial charge in [-0.1, -0.05) is 0 Å². The Balaban J connectivity index is 1.58. The van der Waals surface area contributed by atoms with Crippen LogP contribution >= 0.6 is 11.3 Å². The summed E-state index contributed by atoms with van der Waals surface area (Å²) in [5.74, 6) is -0.306. The normalized spacial score (nSPS) is 10.9. The molecule has 4 aromatic rings. The van der Waals surface area contributed by atoms with Crippen LogP contribution in [0.5, 0.6) is 0 Å². The standard InChI is InChI=1S/C23H24N6O3S/c1-14-20(29-12-16(6-9-19(29)26-14)22(31)25-10-11-32-3)18-13-33-23(28-18)27-17-7-4-15(5-8-17)21(30)24-2/h4-9,12-13H,10-11H2,1-3H3,(H,24,30)(H,25,31)(H,27,28). The van der Waals surface area contributed by atoms with Crippen molar-refractivity contribution in [2.45, 2.75) is 6.92 Å². The van der Waals surface area contributed by atoms with E-state index < -0.39 is 0 Å². The highest BCUT2D eigenvalue weighted by molar-refractivity contribution is 7.14. The minimum Gasteiger partial charge on any atom is -0.383 e. The summed E-state index contributed by atoms with van der Waals surface area (Å²) in [6.45, 7) is 2.81. The van der Waals surface area contributed by atoms with Gasteiger partial charge in [-0.05, 0) is 43.3 Å². The van der Waals surface area contributed by atoms with Crippen LogP contribution in [0, 0.1) is 6.92 Å². The number of fused-ring (bicyclic) bond motifs is 1. The first-order chi connectivity index (χ1) is 16.0. The van der Waals surface area contributed by atoms with Gasteiger partial charge in [0.05, 0.1) is 23.6 Å². The summed E-state index contributed by atoms with van der Waals surface area (Å²) >= 11 is 1.46. The number of carbonyl (C=O) groups is 2. The maximum Gasteiger partial charge on any atom is 0.252 e. The fourth-order valence-corrected chi connectivity index (χ4v) is 4.10. The summed E-state index contributed by atoms with van der Waals surface area (Å²) in [6, 6.07) is 10.7. The van der Waals surface area contributed by atoms with Crippen molar-refractivity contribution >= 4 is 39.6 Å². The maximum absolute atomic E-state index is 12.5. The minimum absolute atomic E-state index is 0.132. The Bertz CT molecular complexity index is 1300. The zero-order valence-corrected chi connectivity index (χ0v) is 19.3. The molecule has 0 unspecified atom stereocenters. The van der Waals surface area contributed by atoms with Gasteiger partial charge in [-0.15, -0.1) is 11.3 Å². The molecule has 9 nitrogen and oxygen atoms in total. The van der Waals surface area contributed by atoms with Crippen LogP contribution in [0.3, 0.4) is 0 Å². The zero-order valence-electron chi connectivity index (χ0n) is 18.5. The van der Waals surface area contributed by atoms with E-state index in [1.165, 1.54) is 11.3 Å². The molecule has 0 fully saturated rings. The Kier molecular flexibility index (Phi) is 6.66. The number of imidazole rings is 1. The topological polar surface area (TPSA) is 110 Å². The van der Waals surface area contributed by atoms with E-state index >= 15 is 0 Å². The first kappa shape index (κ1) is 22.4. The van der Waals surface area contributed by atoms with Gasteiger partial charge in [-0.2, -0.15) is 0 Å². The number of methoxy groups -OCH3 is 1. The fourth-order valence-electron chi connectivity index (χ4n) is 3.39. The largest absolute Gasteiger partial charge is 0.383 e. The van der Waals surface area contributed by atoms with Crippen LogP contribution in [0.15, 0.2) is 48.0 Å². The number of carbonyl (C=O) groups excluding carboxylic acids is 2. The zero-order chi connectivity index (χ0) is 23.4. The first-order valence-electron chi connectivity index (χ1n) is 10.3. The number of amides is 2. The van der Waals surface area contributed by atoms with Gasteiger partial charge in [0, 0.05) is 43.5 Å². The van der Waals surface area contributed by atoms with Crippen molar-refractivity contribution in [1.29, 1.82) is 0 Å². The summed E-state index contributed by atoms with van der Waals surface area (Å²) in [6.07, 6.45) is 1.77. The average Bonchev–Trinajstić information content (AvgIpc) is 3.41. The minimum atomic E-state index is -0.174. The maximum atomic E-state index is 12.5. The van der Waals surface area contributed by atoms with Crippen LogP contribution < -0.4 is 16.0 Å². The molecule has 0 bridgehead atoms. The number of benzene rings is 1. The number of aromatic nitrogens is 3.